The zero-order valence-corrected chi connectivity index (χ0v) is 36.2. The molecule has 0 aliphatic heterocycles. The first-order valence-electron chi connectivity index (χ1n) is 19.7. The van der Waals surface area contributed by atoms with E-state index in [1.54, 1.807) is 12.4 Å². The molecule has 9 aromatic rings. The molecule has 9 rings (SSSR count). The fraction of sp³-hybridized carbons (Fsp3) is 0.154. The van der Waals surface area contributed by atoms with Gasteiger partial charge in [-0.3, -0.25) is 19.9 Å². The van der Waals surface area contributed by atoms with E-state index in [0.29, 0.717) is 5.56 Å². The molecular formula is C52H44N5OPt-. The van der Waals surface area contributed by atoms with E-state index in [1.807, 2.05) is 42.6 Å². The monoisotopic (exact) mass is 949 g/mol. The summed E-state index contributed by atoms with van der Waals surface area (Å²) >= 11 is 0. The second-order valence-electron chi connectivity index (χ2n) is 16.9. The van der Waals surface area contributed by atoms with Gasteiger partial charge < -0.3 is 9.67 Å². The molecule has 0 fully saturated rings. The predicted octanol–water partition coefficient (Wildman–Crippen LogP) is 12.8. The Hall–Kier alpha value is -6.23. The third-order valence-corrected chi connectivity index (χ3v) is 10.9. The Balaban J connectivity index is 0.00000484. The van der Waals surface area contributed by atoms with E-state index in [4.69, 9.17) is 9.97 Å². The van der Waals surface area contributed by atoms with Crippen LogP contribution < -0.4 is 0 Å². The van der Waals surface area contributed by atoms with Crippen LogP contribution in [0.25, 0.3) is 83.6 Å². The molecule has 0 unspecified atom stereocenters. The molecule has 59 heavy (non-hydrogen) atoms. The number of benzene rings is 5. The normalized spacial score (nSPS) is 11.8. The molecule has 0 atom stereocenters. The first-order chi connectivity index (χ1) is 27.9. The van der Waals surface area contributed by atoms with Gasteiger partial charge in [0.1, 0.15) is 5.75 Å². The van der Waals surface area contributed by atoms with Crippen molar-refractivity contribution in [2.45, 2.75) is 52.4 Å². The summed E-state index contributed by atoms with van der Waals surface area (Å²) in [6, 6.07) is 48.0. The molecular weight excluding hydrogens is 906 g/mol. The minimum Gasteiger partial charge on any atom is -0.506 e. The smallest absolute Gasteiger partial charge is 0.141 e. The van der Waals surface area contributed by atoms with Crippen molar-refractivity contribution in [2.24, 2.45) is 0 Å². The summed E-state index contributed by atoms with van der Waals surface area (Å²) in [6.07, 6.45) is 6.86. The second kappa shape index (κ2) is 15.5. The number of nitrogens with zero attached hydrogens (tertiary/aromatic N) is 5. The number of hydrogen-bond donors (Lipinski definition) is 1. The number of para-hydroxylation sites is 1. The van der Waals surface area contributed by atoms with Crippen molar-refractivity contribution in [1.82, 2.24) is 24.5 Å². The summed E-state index contributed by atoms with van der Waals surface area (Å²) < 4.78 is 2.26. The van der Waals surface area contributed by atoms with E-state index in [0.717, 1.165) is 78.1 Å². The number of pyridine rings is 3. The Morgan fingerprint density at radius 2 is 1.29 bits per heavy atom. The molecule has 0 saturated carbocycles. The summed E-state index contributed by atoms with van der Waals surface area (Å²) in [5.41, 5.74) is 14.0. The van der Waals surface area contributed by atoms with Crippen LogP contribution in [0.2, 0.25) is 0 Å². The van der Waals surface area contributed by atoms with Crippen molar-refractivity contribution in [1.29, 1.82) is 0 Å². The Morgan fingerprint density at radius 1 is 0.559 bits per heavy atom. The van der Waals surface area contributed by atoms with Crippen molar-refractivity contribution < 1.29 is 26.2 Å². The van der Waals surface area contributed by atoms with Gasteiger partial charge in [-0.05, 0) is 75.4 Å². The Morgan fingerprint density at radius 3 is 2.05 bits per heavy atom. The number of hydrogen-bond acceptors (Lipinski definition) is 5. The van der Waals surface area contributed by atoms with Crippen LogP contribution in [0.5, 0.6) is 5.75 Å². The molecule has 0 aliphatic rings. The van der Waals surface area contributed by atoms with E-state index >= 15 is 0 Å². The summed E-state index contributed by atoms with van der Waals surface area (Å²) in [5.74, 6) is 0.810. The van der Waals surface area contributed by atoms with Gasteiger partial charge in [0, 0.05) is 73.1 Å². The Bertz CT molecular complexity index is 2980. The molecule has 294 valence electrons. The van der Waals surface area contributed by atoms with Crippen LogP contribution in [-0.2, 0) is 31.9 Å². The van der Waals surface area contributed by atoms with Crippen LogP contribution in [0.3, 0.4) is 0 Å². The first kappa shape index (κ1) is 39.6. The minimum absolute atomic E-state index is 0. The number of aromatic hydroxyl groups is 1. The van der Waals surface area contributed by atoms with Gasteiger partial charge in [0.05, 0.1) is 28.7 Å². The number of imidazole rings is 1. The number of fused-ring (bicyclic) bond motifs is 2. The van der Waals surface area contributed by atoms with Gasteiger partial charge in [0.15, 0.2) is 0 Å². The third-order valence-electron chi connectivity index (χ3n) is 10.9. The largest absolute Gasteiger partial charge is 0.506 e. The molecule has 0 radical (unpaired) electrons. The van der Waals surface area contributed by atoms with E-state index in [9.17, 15) is 5.11 Å². The maximum absolute atomic E-state index is 11.4. The SMILES string of the molecule is CC(C)(C)c1ccc(-n2c(-c3[c-]c(-c4cc(C(C)(C)C)cc5cccnc45)ccc3)nc3c(-c4cc(-c5ccncc5)ncc4O)cccc32)c(-c2ccccc2)c1.[Pt]. The van der Waals surface area contributed by atoms with Gasteiger partial charge in [-0.1, -0.05) is 119 Å². The molecule has 5 aromatic carbocycles. The second-order valence-corrected chi connectivity index (χ2v) is 16.9. The third kappa shape index (κ3) is 7.50. The van der Waals surface area contributed by atoms with Crippen molar-refractivity contribution in [3.63, 3.8) is 0 Å². The average Bonchev–Trinajstić information content (AvgIpc) is 3.63. The van der Waals surface area contributed by atoms with Gasteiger partial charge in [-0.2, -0.15) is 0 Å². The summed E-state index contributed by atoms with van der Waals surface area (Å²) in [4.78, 5) is 19.1. The molecule has 0 spiro atoms. The van der Waals surface area contributed by atoms with Crippen molar-refractivity contribution in [3.8, 4) is 67.5 Å². The minimum atomic E-state index is -0.0685. The van der Waals surface area contributed by atoms with Gasteiger partial charge in [-0.15, -0.1) is 29.8 Å². The average molecular weight is 950 g/mol. The number of rotatable bonds is 6. The molecule has 1 N–H and O–H groups in total. The van der Waals surface area contributed by atoms with E-state index in [2.05, 4.69) is 153 Å². The molecule has 0 bridgehead atoms. The quantitative estimate of drug-likeness (QED) is 0.168. The standard InChI is InChI=1S/C52H44N5O.Pt/c1-51(2,3)38-20-21-45(41(29-38)33-13-8-7-9-14-33)57-46-19-11-18-40(43-31-44(55-32-47(43)58)34-22-25-53-26-23-34)49(46)56-50(57)37-16-10-15-35(27-37)42-30-39(52(4,5)6)28-36-17-12-24-54-48(36)42;/h7-26,28-32,58H,1-6H3;/q-1;. The maximum Gasteiger partial charge on any atom is 0.141 e. The van der Waals surface area contributed by atoms with Crippen molar-refractivity contribution >= 4 is 21.9 Å². The fourth-order valence-electron chi connectivity index (χ4n) is 7.72. The first-order valence-corrected chi connectivity index (χ1v) is 19.7. The molecule has 6 nitrogen and oxygen atoms in total. The van der Waals surface area contributed by atoms with E-state index in [-0.39, 0.29) is 37.6 Å². The molecule has 7 heteroatoms. The van der Waals surface area contributed by atoms with E-state index in [1.165, 1.54) is 17.3 Å². The number of aromatic nitrogens is 5. The fourth-order valence-corrected chi connectivity index (χ4v) is 7.72. The van der Waals surface area contributed by atoms with Crippen LogP contribution in [0.1, 0.15) is 52.7 Å². The van der Waals surface area contributed by atoms with Gasteiger partial charge in [-0.25, -0.2) is 0 Å². The zero-order valence-electron chi connectivity index (χ0n) is 33.9. The summed E-state index contributed by atoms with van der Waals surface area (Å²) in [6.45, 7) is 13.5. The summed E-state index contributed by atoms with van der Waals surface area (Å²) in [7, 11) is 0. The van der Waals surface area contributed by atoms with Gasteiger partial charge in [0.2, 0.25) is 0 Å². The van der Waals surface area contributed by atoms with Crippen LogP contribution in [0, 0.1) is 6.07 Å². The van der Waals surface area contributed by atoms with Gasteiger partial charge in [0.25, 0.3) is 0 Å². The van der Waals surface area contributed by atoms with Crippen LogP contribution >= 0.6 is 0 Å². The summed E-state index contributed by atoms with van der Waals surface area (Å²) in [5, 5.41) is 12.5. The molecule has 0 saturated heterocycles. The molecule has 4 aromatic heterocycles. The Kier molecular flexibility index (Phi) is 10.4. The van der Waals surface area contributed by atoms with Crippen LogP contribution in [-0.4, -0.2) is 29.6 Å². The van der Waals surface area contributed by atoms with Crippen LogP contribution in [0.4, 0.5) is 0 Å². The Labute approximate surface area is 360 Å². The van der Waals surface area contributed by atoms with E-state index < -0.39 is 0 Å². The van der Waals surface area contributed by atoms with Crippen molar-refractivity contribution in [2.75, 3.05) is 0 Å². The zero-order chi connectivity index (χ0) is 40.2. The molecule has 4 heterocycles. The molecule has 0 amide bonds. The van der Waals surface area contributed by atoms with Gasteiger partial charge >= 0.3 is 0 Å². The predicted molar refractivity (Wildman–Crippen MR) is 237 cm³/mol. The van der Waals surface area contributed by atoms with Crippen LogP contribution in [0.15, 0.2) is 152 Å². The maximum atomic E-state index is 11.4. The molecule has 0 aliphatic carbocycles. The topological polar surface area (TPSA) is 76.7 Å². The van der Waals surface area contributed by atoms with Crippen molar-refractivity contribution in [3.05, 3.63) is 169 Å².